The van der Waals surface area contributed by atoms with Gasteiger partial charge >= 0.3 is 0 Å². The number of primary amides is 1. The first-order valence-corrected chi connectivity index (χ1v) is 20.6. The summed E-state index contributed by atoms with van der Waals surface area (Å²) in [5, 5.41) is 36.9. The number of hydrogen-bond acceptors (Lipinski definition) is 9. The largest absolute Gasteiger partial charge is 0.394 e. The smallest absolute Gasteiger partial charge is 0.239 e. The molecule has 1 fully saturated rings. The second-order valence-corrected chi connectivity index (χ2v) is 14.7. The van der Waals surface area contributed by atoms with Crippen LogP contribution in [0.3, 0.4) is 0 Å². The fourth-order valence-corrected chi connectivity index (χ4v) is 6.73. The molecule has 0 spiro atoms. The lowest BCUT2D eigenvalue weighted by molar-refractivity contribution is -0.231. The van der Waals surface area contributed by atoms with Crippen LogP contribution in [0.2, 0.25) is 0 Å². The van der Waals surface area contributed by atoms with Crippen LogP contribution in [0.4, 0.5) is 0 Å². The summed E-state index contributed by atoms with van der Waals surface area (Å²) in [5.41, 5.74) is 10.9. The van der Waals surface area contributed by atoms with Gasteiger partial charge in [0.05, 0.1) is 19.2 Å². The minimum atomic E-state index is -1.56. The first-order chi connectivity index (χ1) is 25.1. The Morgan fingerprint density at radius 1 is 0.712 bits per heavy atom. The van der Waals surface area contributed by atoms with Crippen LogP contribution in [0.15, 0.2) is 0 Å². The first-order valence-electron chi connectivity index (χ1n) is 20.6. The maximum absolute atomic E-state index is 13.8. The van der Waals surface area contributed by atoms with Crippen LogP contribution < -0.4 is 22.1 Å². The Balaban J connectivity index is 2.89. The Morgan fingerprint density at radius 3 is 1.67 bits per heavy atom. The molecule has 0 saturated carbocycles. The van der Waals surface area contributed by atoms with Crippen LogP contribution in [0, 0.1) is 0 Å². The van der Waals surface area contributed by atoms with E-state index in [4.69, 9.17) is 16.2 Å². The van der Waals surface area contributed by atoms with Crippen molar-refractivity contribution in [1.29, 1.82) is 0 Å². The first kappa shape index (κ1) is 47.7. The summed E-state index contributed by atoms with van der Waals surface area (Å²) in [6.45, 7) is 3.67. The van der Waals surface area contributed by atoms with Gasteiger partial charge in [-0.15, -0.1) is 0 Å². The van der Waals surface area contributed by atoms with Crippen LogP contribution in [0.1, 0.15) is 168 Å². The van der Waals surface area contributed by atoms with Gasteiger partial charge in [-0.25, -0.2) is 0 Å². The van der Waals surface area contributed by atoms with Crippen molar-refractivity contribution < 1.29 is 39.2 Å². The normalized spacial score (nSPS) is 20.7. The van der Waals surface area contributed by atoms with Crippen molar-refractivity contribution in [2.45, 2.75) is 205 Å². The molecule has 0 aromatic rings. The number of carbonyl (C=O) groups excluding carboxylic acids is 4. The number of nitrogens with zero attached hydrogens (tertiary/aromatic N) is 1. The Kier molecular flexibility index (Phi) is 27.6. The highest BCUT2D eigenvalue weighted by molar-refractivity contribution is 5.88. The zero-order valence-corrected chi connectivity index (χ0v) is 32.5. The second-order valence-electron chi connectivity index (χ2n) is 14.7. The summed E-state index contributed by atoms with van der Waals surface area (Å²) >= 11 is 0. The molecule has 6 atom stereocenters. The highest BCUT2D eigenvalue weighted by atomic mass is 16.5. The van der Waals surface area contributed by atoms with Gasteiger partial charge in [-0.2, -0.15) is 0 Å². The minimum Gasteiger partial charge on any atom is -0.394 e. The van der Waals surface area contributed by atoms with E-state index in [2.05, 4.69) is 24.5 Å². The zero-order valence-electron chi connectivity index (χ0n) is 32.5. The quantitative estimate of drug-likeness (QED) is 0.0494. The molecule has 52 heavy (non-hydrogen) atoms. The molecular formula is C39H75N5O8. The Bertz CT molecular complexity index is 973. The number of nitrogens with one attached hydrogen (secondary N) is 2. The second kappa shape index (κ2) is 30.1. The molecule has 0 aromatic carbocycles. The van der Waals surface area contributed by atoms with Gasteiger partial charge in [0.2, 0.25) is 23.6 Å². The fraction of sp³-hybridized carbons (Fsp3) is 0.897. The molecule has 9 N–H and O–H groups in total. The third-order valence-corrected chi connectivity index (χ3v) is 10.1. The van der Waals surface area contributed by atoms with Crippen molar-refractivity contribution in [1.82, 2.24) is 15.5 Å². The van der Waals surface area contributed by atoms with E-state index in [-0.39, 0.29) is 25.2 Å². The van der Waals surface area contributed by atoms with E-state index in [9.17, 15) is 34.5 Å². The molecule has 0 radical (unpaired) electrons. The number of unbranched alkanes of at least 4 members (excludes halogenated alkanes) is 19. The van der Waals surface area contributed by atoms with E-state index in [0.29, 0.717) is 19.4 Å². The number of ether oxygens (including phenoxy) is 1. The van der Waals surface area contributed by atoms with Crippen LogP contribution in [-0.2, 0) is 23.9 Å². The van der Waals surface area contributed by atoms with Gasteiger partial charge in [-0.3, -0.25) is 19.2 Å². The lowest BCUT2D eigenvalue weighted by Crippen LogP contribution is -2.69. The van der Waals surface area contributed by atoms with Gasteiger partial charge in [0.25, 0.3) is 0 Å². The number of aliphatic hydroxyl groups excluding tert-OH is 3. The van der Waals surface area contributed by atoms with Gasteiger partial charge in [-0.1, -0.05) is 136 Å². The van der Waals surface area contributed by atoms with Crippen molar-refractivity contribution >= 4 is 23.6 Å². The van der Waals surface area contributed by atoms with Crippen molar-refractivity contribution in [3.63, 3.8) is 0 Å². The average molecular weight is 742 g/mol. The summed E-state index contributed by atoms with van der Waals surface area (Å²) in [6.07, 6.45) is 18.7. The van der Waals surface area contributed by atoms with E-state index in [1.165, 1.54) is 83.5 Å². The average Bonchev–Trinajstić information content (AvgIpc) is 3.13. The Hall–Kier alpha value is -2.32. The highest BCUT2D eigenvalue weighted by Gasteiger charge is 2.48. The number of rotatable bonds is 32. The maximum Gasteiger partial charge on any atom is 0.239 e. The topological polar surface area (TPSA) is 218 Å². The number of hydrogen-bond donors (Lipinski definition) is 7. The number of nitrogens with two attached hydrogens (primary N) is 2. The van der Waals surface area contributed by atoms with Gasteiger partial charge in [0.1, 0.15) is 24.4 Å². The minimum absolute atomic E-state index is 0.0178. The molecule has 4 amide bonds. The molecule has 0 aliphatic carbocycles. The Labute approximate surface area is 313 Å². The molecule has 1 aliphatic heterocycles. The molecule has 1 aliphatic rings. The summed E-state index contributed by atoms with van der Waals surface area (Å²) < 4.78 is 6.06. The van der Waals surface area contributed by atoms with Crippen molar-refractivity contribution in [2.24, 2.45) is 11.5 Å². The van der Waals surface area contributed by atoms with E-state index in [0.717, 1.165) is 38.5 Å². The SMILES string of the molecule is CCCCCCCCCCCCCCN(C(=O)CCCCCCCCCCC)[C@@H]1O[C@H](CO)[C@@H](O)[C@H](O)[C@H]1NC(=O)CNC(=O)[C@@H](N)CCC(N)=O. The molecule has 1 heterocycles. The standard InChI is InChI=1S/C39H75N5O8/c1-3-5-7-9-11-13-14-15-17-19-21-23-27-44(34(48)24-22-20-18-16-12-10-8-6-4-2)39-35(37(50)36(49)31(29-45)52-39)43-33(47)28-42-38(51)30(40)25-26-32(41)46/h30-31,35-37,39,45,49-50H,3-29,40H2,1-2H3,(H2,41,46)(H,42,51)(H,43,47)/t30-,31+,35+,36+,37+,39+/m0/s1. The van der Waals surface area contributed by atoms with Crippen molar-refractivity contribution in [3.05, 3.63) is 0 Å². The monoisotopic (exact) mass is 742 g/mol. The predicted molar refractivity (Wildman–Crippen MR) is 204 cm³/mol. The molecule has 13 nitrogen and oxygen atoms in total. The predicted octanol–water partition coefficient (Wildman–Crippen LogP) is 4.07. The van der Waals surface area contributed by atoms with E-state index >= 15 is 0 Å². The van der Waals surface area contributed by atoms with Crippen molar-refractivity contribution in [3.8, 4) is 0 Å². The summed E-state index contributed by atoms with van der Waals surface area (Å²) in [6, 6.07) is -2.27. The van der Waals surface area contributed by atoms with Gasteiger partial charge < -0.3 is 47.1 Å². The van der Waals surface area contributed by atoms with Crippen LogP contribution in [0.25, 0.3) is 0 Å². The van der Waals surface area contributed by atoms with E-state index < -0.39 is 67.5 Å². The summed E-state index contributed by atoms with van der Waals surface area (Å²) in [4.78, 5) is 51.8. The molecule has 304 valence electrons. The van der Waals surface area contributed by atoms with E-state index in [1.54, 1.807) is 4.90 Å². The highest BCUT2D eigenvalue weighted by Crippen LogP contribution is 2.26. The third-order valence-electron chi connectivity index (χ3n) is 10.1. The van der Waals surface area contributed by atoms with Gasteiger partial charge in [0, 0.05) is 19.4 Å². The Morgan fingerprint density at radius 2 is 1.19 bits per heavy atom. The van der Waals surface area contributed by atoms with Crippen LogP contribution in [0.5, 0.6) is 0 Å². The van der Waals surface area contributed by atoms with Gasteiger partial charge in [0.15, 0.2) is 6.23 Å². The molecule has 0 bridgehead atoms. The zero-order chi connectivity index (χ0) is 38.6. The van der Waals surface area contributed by atoms with Crippen LogP contribution >= 0.6 is 0 Å². The molecule has 13 heteroatoms. The lowest BCUT2D eigenvalue weighted by atomic mass is 9.94. The van der Waals surface area contributed by atoms with Crippen LogP contribution in [-0.4, -0.2) is 100 Å². The number of amides is 4. The lowest BCUT2D eigenvalue weighted by Gasteiger charge is -2.47. The molecule has 0 aromatic heterocycles. The fourth-order valence-electron chi connectivity index (χ4n) is 6.73. The molecule has 1 saturated heterocycles. The van der Waals surface area contributed by atoms with Gasteiger partial charge in [-0.05, 0) is 19.3 Å². The summed E-state index contributed by atoms with van der Waals surface area (Å²) in [7, 11) is 0. The number of carbonyl (C=O) groups is 4. The number of aliphatic hydroxyl groups is 3. The third kappa shape index (κ3) is 20.8. The molecule has 1 rings (SSSR count). The molecule has 0 unspecified atom stereocenters. The summed E-state index contributed by atoms with van der Waals surface area (Å²) in [5.74, 6) is -2.12. The molecular weight excluding hydrogens is 666 g/mol. The van der Waals surface area contributed by atoms with E-state index in [1.807, 2.05) is 0 Å². The maximum atomic E-state index is 13.8. The van der Waals surface area contributed by atoms with Crippen molar-refractivity contribution in [2.75, 3.05) is 19.7 Å².